The third-order valence-electron chi connectivity index (χ3n) is 2.73. The third kappa shape index (κ3) is 3.11. The Morgan fingerprint density at radius 2 is 2.10 bits per heavy atom. The Bertz CT molecular complexity index is 757. The number of esters is 1. The maximum atomic E-state index is 13.2. The Balaban J connectivity index is 2.62. The number of ether oxygens (including phenoxy) is 1. The molecule has 2 aromatic rings. The molecule has 110 valence electrons. The SMILES string of the molecule is COC(=O)c1c(SC)cc(-c2ccc(F)c(Cl)c2)oc1=O. The molecule has 0 aliphatic carbocycles. The van der Waals surface area contributed by atoms with E-state index in [2.05, 4.69) is 4.74 Å². The summed E-state index contributed by atoms with van der Waals surface area (Å²) in [6.07, 6.45) is 1.71. The molecular formula is C14H10ClFO4S. The van der Waals surface area contributed by atoms with Gasteiger partial charge in [-0.2, -0.15) is 0 Å². The zero-order chi connectivity index (χ0) is 15.6. The summed E-state index contributed by atoms with van der Waals surface area (Å²) in [5.74, 6) is -1.14. The first-order valence-electron chi connectivity index (χ1n) is 5.73. The molecule has 2 rings (SSSR count). The van der Waals surface area contributed by atoms with Crippen LogP contribution in [0.1, 0.15) is 10.4 Å². The fraction of sp³-hybridized carbons (Fsp3) is 0.143. The summed E-state index contributed by atoms with van der Waals surface area (Å²) in [4.78, 5) is 24.0. The minimum atomic E-state index is -0.816. The molecule has 1 aromatic carbocycles. The summed E-state index contributed by atoms with van der Waals surface area (Å²) >= 11 is 6.91. The van der Waals surface area contributed by atoms with E-state index in [0.29, 0.717) is 10.5 Å². The van der Waals surface area contributed by atoms with Gasteiger partial charge in [-0.15, -0.1) is 11.8 Å². The van der Waals surface area contributed by atoms with E-state index in [-0.39, 0.29) is 16.3 Å². The average Bonchev–Trinajstić information content (AvgIpc) is 2.48. The number of thioether (sulfide) groups is 1. The van der Waals surface area contributed by atoms with Gasteiger partial charge in [0.25, 0.3) is 0 Å². The summed E-state index contributed by atoms with van der Waals surface area (Å²) in [5.41, 5.74) is -0.545. The lowest BCUT2D eigenvalue weighted by atomic mass is 10.1. The fourth-order valence-electron chi connectivity index (χ4n) is 1.71. The number of halogens is 2. The Kier molecular flexibility index (Phi) is 4.69. The van der Waals surface area contributed by atoms with Crippen molar-refractivity contribution in [3.8, 4) is 11.3 Å². The summed E-state index contributed by atoms with van der Waals surface area (Å²) in [6, 6.07) is 5.46. The molecule has 1 aromatic heterocycles. The van der Waals surface area contributed by atoms with Crippen molar-refractivity contribution in [2.24, 2.45) is 0 Å². The van der Waals surface area contributed by atoms with Gasteiger partial charge in [0, 0.05) is 10.5 Å². The van der Waals surface area contributed by atoms with Gasteiger partial charge in [-0.05, 0) is 30.5 Å². The fourth-order valence-corrected chi connectivity index (χ4v) is 2.49. The van der Waals surface area contributed by atoms with Gasteiger partial charge in [0.2, 0.25) is 0 Å². The first-order valence-corrected chi connectivity index (χ1v) is 7.34. The monoisotopic (exact) mass is 328 g/mol. The van der Waals surface area contributed by atoms with Gasteiger partial charge in [0.05, 0.1) is 12.1 Å². The molecule has 0 bridgehead atoms. The largest absolute Gasteiger partial charge is 0.465 e. The Labute approximate surface area is 128 Å². The van der Waals surface area contributed by atoms with Crippen LogP contribution in [0, 0.1) is 5.82 Å². The van der Waals surface area contributed by atoms with Gasteiger partial charge < -0.3 is 9.15 Å². The summed E-state index contributed by atoms with van der Waals surface area (Å²) in [6.45, 7) is 0. The van der Waals surface area contributed by atoms with Crippen LogP contribution in [0.2, 0.25) is 5.02 Å². The van der Waals surface area contributed by atoms with Gasteiger partial charge in [-0.25, -0.2) is 14.0 Å². The number of hydrogen-bond donors (Lipinski definition) is 0. The Morgan fingerprint density at radius 3 is 2.67 bits per heavy atom. The number of carbonyl (C=O) groups is 1. The maximum absolute atomic E-state index is 13.2. The highest BCUT2D eigenvalue weighted by atomic mass is 35.5. The van der Waals surface area contributed by atoms with E-state index in [0.717, 1.165) is 0 Å². The molecule has 0 spiro atoms. The van der Waals surface area contributed by atoms with Crippen LogP contribution in [0.5, 0.6) is 0 Å². The maximum Gasteiger partial charge on any atom is 0.352 e. The van der Waals surface area contributed by atoms with Crippen molar-refractivity contribution in [2.45, 2.75) is 4.90 Å². The summed E-state index contributed by atoms with van der Waals surface area (Å²) in [5, 5.41) is -0.0853. The number of rotatable bonds is 3. The van der Waals surface area contributed by atoms with Gasteiger partial charge in [-0.1, -0.05) is 11.6 Å². The molecule has 0 saturated heterocycles. The lowest BCUT2D eigenvalue weighted by Gasteiger charge is -2.07. The third-order valence-corrected chi connectivity index (χ3v) is 3.78. The highest BCUT2D eigenvalue weighted by Crippen LogP contribution is 2.28. The molecule has 21 heavy (non-hydrogen) atoms. The molecule has 1 heterocycles. The van der Waals surface area contributed by atoms with Gasteiger partial charge in [0.15, 0.2) is 5.56 Å². The molecule has 0 aliphatic rings. The van der Waals surface area contributed by atoms with Gasteiger partial charge in [-0.3, -0.25) is 0 Å². The highest BCUT2D eigenvalue weighted by molar-refractivity contribution is 7.98. The van der Waals surface area contributed by atoms with E-state index < -0.39 is 17.4 Å². The molecular weight excluding hydrogens is 319 g/mol. The number of carbonyl (C=O) groups excluding carboxylic acids is 1. The molecule has 0 aliphatic heterocycles. The van der Waals surface area contributed by atoms with Crippen molar-refractivity contribution in [3.05, 3.63) is 51.1 Å². The topological polar surface area (TPSA) is 56.5 Å². The van der Waals surface area contributed by atoms with Crippen molar-refractivity contribution in [3.63, 3.8) is 0 Å². The first-order chi connectivity index (χ1) is 9.97. The predicted molar refractivity (Wildman–Crippen MR) is 78.5 cm³/mol. The first kappa shape index (κ1) is 15.6. The highest BCUT2D eigenvalue weighted by Gasteiger charge is 2.20. The lowest BCUT2D eigenvalue weighted by molar-refractivity contribution is 0.0591. The van der Waals surface area contributed by atoms with Crippen LogP contribution >= 0.6 is 23.4 Å². The normalized spacial score (nSPS) is 10.5. The second kappa shape index (κ2) is 6.32. The van der Waals surface area contributed by atoms with Crippen LogP contribution < -0.4 is 5.63 Å². The quantitative estimate of drug-likeness (QED) is 0.636. The van der Waals surface area contributed by atoms with Crippen LogP contribution in [0.25, 0.3) is 11.3 Å². The van der Waals surface area contributed by atoms with Crippen LogP contribution in [0.15, 0.2) is 38.4 Å². The Morgan fingerprint density at radius 1 is 1.38 bits per heavy atom. The molecule has 7 heteroatoms. The second-order valence-corrected chi connectivity index (χ2v) is 5.22. The molecule has 0 fully saturated rings. The van der Waals surface area contributed by atoms with Gasteiger partial charge >= 0.3 is 11.6 Å². The van der Waals surface area contributed by atoms with Gasteiger partial charge in [0.1, 0.15) is 11.6 Å². The smallest absolute Gasteiger partial charge is 0.352 e. The van der Waals surface area contributed by atoms with Crippen LogP contribution in [-0.2, 0) is 4.74 Å². The van der Waals surface area contributed by atoms with Crippen LogP contribution in [0.4, 0.5) is 4.39 Å². The number of methoxy groups -OCH3 is 1. The molecule has 4 nitrogen and oxygen atoms in total. The number of hydrogen-bond acceptors (Lipinski definition) is 5. The summed E-state index contributed by atoms with van der Waals surface area (Å²) in [7, 11) is 1.18. The minimum absolute atomic E-state index is 0.0853. The minimum Gasteiger partial charge on any atom is -0.465 e. The second-order valence-electron chi connectivity index (χ2n) is 3.96. The van der Waals surface area contributed by atoms with E-state index in [1.54, 1.807) is 6.26 Å². The zero-order valence-electron chi connectivity index (χ0n) is 11.1. The van der Waals surface area contributed by atoms with E-state index in [4.69, 9.17) is 16.0 Å². The predicted octanol–water partition coefficient (Wildman–Crippen LogP) is 3.61. The van der Waals surface area contributed by atoms with Crippen LogP contribution in [0.3, 0.4) is 0 Å². The molecule has 0 amide bonds. The van der Waals surface area contributed by atoms with Crippen LogP contribution in [-0.4, -0.2) is 19.3 Å². The van der Waals surface area contributed by atoms with E-state index in [1.807, 2.05) is 0 Å². The standard InChI is InChI=1S/C14H10ClFO4S/c1-19-13(17)12-11(21-2)6-10(20-14(12)18)7-3-4-9(16)8(15)5-7/h3-6H,1-2H3. The van der Waals surface area contributed by atoms with Crippen molar-refractivity contribution in [1.82, 2.24) is 0 Å². The molecule has 0 radical (unpaired) electrons. The molecule has 0 N–H and O–H groups in total. The lowest BCUT2D eigenvalue weighted by Crippen LogP contribution is -2.17. The average molecular weight is 329 g/mol. The molecule has 0 unspecified atom stereocenters. The van der Waals surface area contributed by atoms with Crippen molar-refractivity contribution in [2.75, 3.05) is 13.4 Å². The Hall–Kier alpha value is -1.79. The number of benzene rings is 1. The van der Waals surface area contributed by atoms with Crippen molar-refractivity contribution >= 4 is 29.3 Å². The summed E-state index contributed by atoms with van der Waals surface area (Å²) < 4.78 is 22.8. The molecule has 0 atom stereocenters. The van der Waals surface area contributed by atoms with E-state index in [9.17, 15) is 14.0 Å². The molecule has 0 saturated carbocycles. The van der Waals surface area contributed by atoms with Crippen molar-refractivity contribution < 1.29 is 18.3 Å². The zero-order valence-corrected chi connectivity index (χ0v) is 12.7. The van der Waals surface area contributed by atoms with E-state index in [1.165, 1.54) is 43.1 Å². The van der Waals surface area contributed by atoms with E-state index >= 15 is 0 Å². The van der Waals surface area contributed by atoms with Crippen molar-refractivity contribution in [1.29, 1.82) is 0 Å².